The highest BCUT2D eigenvalue weighted by Gasteiger charge is 2.53. The van der Waals surface area contributed by atoms with Crippen LogP contribution in [0.25, 0.3) is 0 Å². The third-order valence-corrected chi connectivity index (χ3v) is 5.90. The molecule has 4 aliphatic carbocycles. The molecule has 1 N–H and O–H groups in total. The number of imidazole rings is 1. The Bertz CT molecular complexity index is 552. The number of aromatic nitrogens is 2. The molecule has 4 fully saturated rings. The van der Waals surface area contributed by atoms with Crippen molar-refractivity contribution in [3.8, 4) is 0 Å². The van der Waals surface area contributed by atoms with Crippen LogP contribution < -0.4 is 0 Å². The summed E-state index contributed by atoms with van der Waals surface area (Å²) >= 11 is 0. The predicted molar refractivity (Wildman–Crippen MR) is 74.8 cm³/mol. The highest BCUT2D eigenvalue weighted by molar-refractivity contribution is 5.87. The third kappa shape index (κ3) is 1.54. The van der Waals surface area contributed by atoms with Crippen LogP contribution in [0.4, 0.5) is 0 Å². The second kappa shape index (κ2) is 3.86. The van der Waals surface area contributed by atoms with Crippen molar-refractivity contribution in [1.82, 2.24) is 9.55 Å². The number of carboxylic acids is 1. The average Bonchev–Trinajstić information content (AvgIpc) is 2.63. The molecule has 0 unspecified atom stereocenters. The highest BCUT2D eigenvalue weighted by atomic mass is 16.4. The van der Waals surface area contributed by atoms with Gasteiger partial charge in [0.1, 0.15) is 5.82 Å². The summed E-state index contributed by atoms with van der Waals surface area (Å²) in [6.07, 6.45) is 7.60. The lowest BCUT2D eigenvalue weighted by molar-refractivity contribution is -0.0454. The van der Waals surface area contributed by atoms with E-state index in [1.165, 1.54) is 19.3 Å². The first kappa shape index (κ1) is 12.4. The van der Waals surface area contributed by atoms with E-state index in [0.717, 1.165) is 42.8 Å². The minimum Gasteiger partial charge on any atom is -0.477 e. The fourth-order valence-corrected chi connectivity index (χ4v) is 5.84. The molecule has 1 heterocycles. The van der Waals surface area contributed by atoms with Crippen LogP contribution in [0.15, 0.2) is 0 Å². The van der Waals surface area contributed by atoms with E-state index in [1.54, 1.807) is 0 Å². The number of aromatic carboxylic acids is 1. The van der Waals surface area contributed by atoms with Gasteiger partial charge in [0.25, 0.3) is 0 Å². The molecule has 0 radical (unpaired) electrons. The average molecular weight is 274 g/mol. The first-order valence-corrected chi connectivity index (χ1v) is 7.78. The molecule has 20 heavy (non-hydrogen) atoms. The summed E-state index contributed by atoms with van der Waals surface area (Å²) in [5, 5.41) is 9.60. The molecule has 0 saturated heterocycles. The summed E-state index contributed by atoms with van der Waals surface area (Å²) in [4.78, 5) is 16.2. The molecule has 4 bridgehead atoms. The first-order valence-electron chi connectivity index (χ1n) is 7.78. The summed E-state index contributed by atoms with van der Waals surface area (Å²) in [5.74, 6) is 2.50. The number of carbonyl (C=O) groups is 1. The van der Waals surface area contributed by atoms with E-state index in [-0.39, 0.29) is 5.54 Å². The molecule has 4 aliphatic rings. The second-order valence-corrected chi connectivity index (χ2v) is 7.38. The van der Waals surface area contributed by atoms with Gasteiger partial charge in [0.15, 0.2) is 5.69 Å². The summed E-state index contributed by atoms with van der Waals surface area (Å²) < 4.78 is 2.11. The fraction of sp³-hybridized carbons (Fsp3) is 0.750. The maximum atomic E-state index is 11.7. The van der Waals surface area contributed by atoms with Gasteiger partial charge < -0.3 is 9.67 Å². The number of nitrogens with zero attached hydrogens (tertiary/aromatic N) is 2. The Morgan fingerprint density at radius 2 is 1.65 bits per heavy atom. The minimum absolute atomic E-state index is 0.0494. The smallest absolute Gasteiger partial charge is 0.354 e. The highest BCUT2D eigenvalue weighted by Crippen LogP contribution is 2.59. The predicted octanol–water partition coefficient (Wildman–Crippen LogP) is 3.12. The maximum absolute atomic E-state index is 11.7. The quantitative estimate of drug-likeness (QED) is 0.901. The van der Waals surface area contributed by atoms with Crippen LogP contribution in [0.2, 0.25) is 0 Å². The van der Waals surface area contributed by atoms with Gasteiger partial charge in [-0.15, -0.1) is 0 Å². The summed E-state index contributed by atoms with van der Waals surface area (Å²) in [6.45, 7) is 3.80. The van der Waals surface area contributed by atoms with E-state index in [0.29, 0.717) is 11.4 Å². The van der Waals surface area contributed by atoms with Crippen LogP contribution in [-0.2, 0) is 5.54 Å². The number of aryl methyl sites for hydroxylation is 2. The van der Waals surface area contributed by atoms with E-state index in [4.69, 9.17) is 0 Å². The largest absolute Gasteiger partial charge is 0.477 e. The standard InChI is InChI=1S/C16H22N2O2/c1-9-14(15(19)20)18(10(2)17-9)16-6-11-3-12(7-16)5-13(4-11)8-16/h11-13H,3-8H2,1-2H3,(H,19,20). The number of hydrogen-bond acceptors (Lipinski definition) is 2. The fourth-order valence-electron chi connectivity index (χ4n) is 5.84. The Hall–Kier alpha value is -1.32. The molecule has 4 nitrogen and oxygen atoms in total. The van der Waals surface area contributed by atoms with Crippen LogP contribution in [0.1, 0.15) is 60.5 Å². The van der Waals surface area contributed by atoms with Gasteiger partial charge in [-0.1, -0.05) is 0 Å². The van der Waals surface area contributed by atoms with Gasteiger partial charge in [-0.05, 0) is 70.1 Å². The van der Waals surface area contributed by atoms with Gasteiger partial charge >= 0.3 is 5.97 Å². The number of rotatable bonds is 2. The van der Waals surface area contributed by atoms with Gasteiger partial charge in [-0.3, -0.25) is 0 Å². The van der Waals surface area contributed by atoms with Crippen molar-refractivity contribution in [2.24, 2.45) is 17.8 Å². The molecule has 0 spiro atoms. The van der Waals surface area contributed by atoms with Crippen LogP contribution in [-0.4, -0.2) is 20.6 Å². The zero-order valence-corrected chi connectivity index (χ0v) is 12.2. The Morgan fingerprint density at radius 1 is 1.15 bits per heavy atom. The molecule has 4 heteroatoms. The van der Waals surface area contributed by atoms with Crippen LogP contribution >= 0.6 is 0 Å². The lowest BCUT2D eigenvalue weighted by Crippen LogP contribution is -2.52. The van der Waals surface area contributed by atoms with Crippen LogP contribution in [0, 0.1) is 31.6 Å². The molecule has 4 saturated carbocycles. The SMILES string of the molecule is Cc1nc(C)n(C23CC4CC(CC(C4)C2)C3)c1C(=O)O. The van der Waals surface area contributed by atoms with E-state index in [1.807, 2.05) is 13.8 Å². The van der Waals surface area contributed by atoms with Crippen molar-refractivity contribution in [3.63, 3.8) is 0 Å². The molecule has 1 aromatic heterocycles. The summed E-state index contributed by atoms with van der Waals surface area (Å²) in [7, 11) is 0. The molecule has 0 atom stereocenters. The summed E-state index contributed by atoms with van der Waals surface area (Å²) in [6, 6.07) is 0. The van der Waals surface area contributed by atoms with Crippen molar-refractivity contribution in [2.45, 2.75) is 57.9 Å². The van der Waals surface area contributed by atoms with Gasteiger partial charge in [0.05, 0.1) is 5.69 Å². The molecule has 1 aromatic rings. The molecule has 0 aliphatic heterocycles. The zero-order valence-electron chi connectivity index (χ0n) is 12.2. The van der Waals surface area contributed by atoms with Crippen LogP contribution in [0.3, 0.4) is 0 Å². The summed E-state index contributed by atoms with van der Waals surface area (Å²) in [5.41, 5.74) is 1.16. The molecular weight excluding hydrogens is 252 g/mol. The van der Waals surface area contributed by atoms with Gasteiger partial charge in [0.2, 0.25) is 0 Å². The Balaban J connectivity index is 1.87. The topological polar surface area (TPSA) is 55.1 Å². The van der Waals surface area contributed by atoms with Crippen molar-refractivity contribution < 1.29 is 9.90 Å². The zero-order chi connectivity index (χ0) is 14.1. The normalized spacial score (nSPS) is 38.4. The van der Waals surface area contributed by atoms with Crippen molar-refractivity contribution >= 4 is 5.97 Å². The Kier molecular flexibility index (Phi) is 2.40. The third-order valence-electron chi connectivity index (χ3n) is 5.90. The second-order valence-electron chi connectivity index (χ2n) is 7.38. The van der Waals surface area contributed by atoms with Gasteiger partial charge in [-0.25, -0.2) is 9.78 Å². The molecule has 0 aromatic carbocycles. The van der Waals surface area contributed by atoms with Crippen molar-refractivity contribution in [3.05, 3.63) is 17.2 Å². The molecule has 5 rings (SSSR count). The molecule has 108 valence electrons. The van der Waals surface area contributed by atoms with Crippen LogP contribution in [0.5, 0.6) is 0 Å². The van der Waals surface area contributed by atoms with E-state index in [9.17, 15) is 9.90 Å². The van der Waals surface area contributed by atoms with Crippen molar-refractivity contribution in [2.75, 3.05) is 0 Å². The minimum atomic E-state index is -0.821. The lowest BCUT2D eigenvalue weighted by atomic mass is 9.53. The monoisotopic (exact) mass is 274 g/mol. The van der Waals surface area contributed by atoms with E-state index in [2.05, 4.69) is 9.55 Å². The first-order chi connectivity index (χ1) is 9.48. The maximum Gasteiger partial charge on any atom is 0.354 e. The number of carboxylic acid groups (broad SMARTS) is 1. The van der Waals surface area contributed by atoms with E-state index >= 15 is 0 Å². The van der Waals surface area contributed by atoms with Gasteiger partial charge in [-0.2, -0.15) is 0 Å². The Labute approximate surface area is 119 Å². The Morgan fingerprint density at radius 3 is 2.10 bits per heavy atom. The number of hydrogen-bond donors (Lipinski definition) is 1. The van der Waals surface area contributed by atoms with Crippen molar-refractivity contribution in [1.29, 1.82) is 0 Å². The lowest BCUT2D eigenvalue weighted by Gasteiger charge is -2.57. The molecular formula is C16H22N2O2. The van der Waals surface area contributed by atoms with E-state index < -0.39 is 5.97 Å². The molecule has 0 amide bonds. The van der Waals surface area contributed by atoms with Gasteiger partial charge in [0, 0.05) is 5.54 Å².